The molecular formula is C39H51N3O5. The second-order valence-electron chi connectivity index (χ2n) is 14.5. The molecule has 4 fully saturated rings. The predicted molar refractivity (Wildman–Crippen MR) is 183 cm³/mol. The molecule has 1 N–H and O–H groups in total. The van der Waals surface area contributed by atoms with Crippen LogP contribution in [0.5, 0.6) is 0 Å². The Morgan fingerprint density at radius 2 is 1.53 bits per heavy atom. The Kier molecular flexibility index (Phi) is 10.5. The molecule has 4 aliphatic carbocycles. The predicted octanol–water partition coefficient (Wildman–Crippen LogP) is 7.15. The molecule has 8 nitrogen and oxygen atoms in total. The standard InChI is InChI=1S/C39H51N3O5/c1-39(27-42-21-18-31-14-9-10-15-34(31)42,40-38(45)47-36-32-23-29-22-30(25-32)26-33(36)24-29)37(44)41(20-17-28-12-6-5-7-13-28)19-11-4-3-8-16-35(43)46-2/h5-7,9-10,12-15,18,21,29-30,32-33,36H,3-4,8,11,16-17,19-20,22-27H2,1-2H3,(H,40,45). The number of rotatable bonds is 15. The van der Waals surface area contributed by atoms with Gasteiger partial charge in [0.25, 0.3) is 0 Å². The van der Waals surface area contributed by atoms with Crippen LogP contribution in [0.1, 0.15) is 76.7 Å². The summed E-state index contributed by atoms with van der Waals surface area (Å²) in [5.74, 6) is 2.15. The average molecular weight is 642 g/mol. The van der Waals surface area contributed by atoms with Gasteiger partial charge in [-0.25, -0.2) is 4.79 Å². The smallest absolute Gasteiger partial charge is 0.408 e. The van der Waals surface area contributed by atoms with E-state index in [1.54, 1.807) is 0 Å². The quantitative estimate of drug-likeness (QED) is 0.141. The van der Waals surface area contributed by atoms with Crippen LogP contribution in [0, 0.1) is 23.7 Å². The zero-order valence-electron chi connectivity index (χ0n) is 28.1. The number of aromatic nitrogens is 1. The van der Waals surface area contributed by atoms with Crippen molar-refractivity contribution in [1.82, 2.24) is 14.8 Å². The molecule has 0 radical (unpaired) electrons. The van der Waals surface area contributed by atoms with Gasteiger partial charge in [0.2, 0.25) is 5.91 Å². The number of methoxy groups -OCH3 is 1. The average Bonchev–Trinajstić information content (AvgIpc) is 3.47. The normalized spacial score (nSPS) is 24.1. The summed E-state index contributed by atoms with van der Waals surface area (Å²) >= 11 is 0. The summed E-state index contributed by atoms with van der Waals surface area (Å²) in [6.07, 6.45) is 11.9. The number of hydrogen-bond donors (Lipinski definition) is 1. The summed E-state index contributed by atoms with van der Waals surface area (Å²) in [6, 6.07) is 20.4. The third-order valence-electron chi connectivity index (χ3n) is 11.0. The maximum Gasteiger partial charge on any atom is 0.408 e. The number of hydrogen-bond acceptors (Lipinski definition) is 5. The fraction of sp³-hybridized carbons (Fsp3) is 0.564. The van der Waals surface area contributed by atoms with E-state index >= 15 is 0 Å². The van der Waals surface area contributed by atoms with Crippen molar-refractivity contribution in [3.8, 4) is 0 Å². The highest BCUT2D eigenvalue weighted by Crippen LogP contribution is 2.54. The Balaban J connectivity index is 1.20. The minimum absolute atomic E-state index is 0.0614. The van der Waals surface area contributed by atoms with Crippen LogP contribution >= 0.6 is 0 Å². The van der Waals surface area contributed by atoms with Gasteiger partial charge < -0.3 is 24.3 Å². The maximum absolute atomic E-state index is 14.8. The number of nitrogens with zero attached hydrogens (tertiary/aromatic N) is 2. The van der Waals surface area contributed by atoms with Crippen molar-refractivity contribution in [3.63, 3.8) is 0 Å². The summed E-state index contributed by atoms with van der Waals surface area (Å²) in [5.41, 5.74) is 0.951. The van der Waals surface area contributed by atoms with Crippen molar-refractivity contribution in [1.29, 1.82) is 0 Å². The van der Waals surface area contributed by atoms with Gasteiger partial charge in [-0.05, 0) is 105 Å². The summed E-state index contributed by atoms with van der Waals surface area (Å²) in [6.45, 7) is 3.25. The molecule has 2 aromatic carbocycles. The number of carbonyl (C=O) groups excluding carboxylic acids is 3. The van der Waals surface area contributed by atoms with Crippen LogP contribution in [-0.4, -0.2) is 59.3 Å². The first-order chi connectivity index (χ1) is 22.8. The molecule has 0 saturated heterocycles. The third kappa shape index (κ3) is 8.02. The summed E-state index contributed by atoms with van der Waals surface area (Å²) in [5, 5.41) is 4.23. The van der Waals surface area contributed by atoms with E-state index in [9.17, 15) is 14.4 Å². The van der Waals surface area contributed by atoms with Crippen LogP contribution in [0.2, 0.25) is 0 Å². The maximum atomic E-state index is 14.8. The number of carbonyl (C=O) groups is 3. The van der Waals surface area contributed by atoms with Crippen molar-refractivity contribution >= 4 is 28.9 Å². The third-order valence-corrected chi connectivity index (χ3v) is 11.0. The molecule has 4 aliphatic rings. The highest BCUT2D eigenvalue weighted by Gasteiger charge is 2.50. The second-order valence-corrected chi connectivity index (χ2v) is 14.5. The van der Waals surface area contributed by atoms with Gasteiger partial charge in [0.15, 0.2) is 0 Å². The van der Waals surface area contributed by atoms with Gasteiger partial charge >= 0.3 is 12.1 Å². The zero-order chi connectivity index (χ0) is 32.8. The molecule has 1 aromatic heterocycles. The van der Waals surface area contributed by atoms with Gasteiger partial charge in [-0.15, -0.1) is 0 Å². The van der Waals surface area contributed by atoms with Gasteiger partial charge in [-0.1, -0.05) is 61.4 Å². The van der Waals surface area contributed by atoms with E-state index in [1.807, 2.05) is 48.4 Å². The van der Waals surface area contributed by atoms with E-state index in [2.05, 4.69) is 40.2 Å². The number of unbranched alkanes of at least 4 members (excludes halogenated alkanes) is 3. The highest BCUT2D eigenvalue weighted by molar-refractivity contribution is 5.90. The van der Waals surface area contributed by atoms with Gasteiger partial charge in [0.05, 0.1) is 13.7 Å². The topological polar surface area (TPSA) is 89.9 Å². The van der Waals surface area contributed by atoms with Crippen molar-refractivity contribution in [2.24, 2.45) is 23.7 Å². The van der Waals surface area contributed by atoms with Crippen LogP contribution < -0.4 is 5.32 Å². The molecule has 3 aromatic rings. The Hall–Kier alpha value is -3.81. The number of para-hydroxylation sites is 1. The van der Waals surface area contributed by atoms with Crippen LogP contribution in [0.15, 0.2) is 66.9 Å². The lowest BCUT2D eigenvalue weighted by Gasteiger charge is -2.53. The van der Waals surface area contributed by atoms with E-state index in [-0.39, 0.29) is 24.5 Å². The number of alkyl carbamates (subject to hydrolysis) is 1. The molecule has 1 heterocycles. The van der Waals surface area contributed by atoms with Crippen LogP contribution in [0.25, 0.3) is 10.9 Å². The molecule has 2 amide bonds. The number of esters is 1. The molecule has 252 valence electrons. The molecule has 0 aliphatic heterocycles. The fourth-order valence-electron chi connectivity index (χ4n) is 8.83. The Morgan fingerprint density at radius 1 is 0.851 bits per heavy atom. The molecule has 4 bridgehead atoms. The van der Waals surface area contributed by atoms with E-state index in [1.165, 1.54) is 13.5 Å². The van der Waals surface area contributed by atoms with Crippen molar-refractivity contribution in [2.45, 2.75) is 95.7 Å². The summed E-state index contributed by atoms with van der Waals surface area (Å²) in [7, 11) is 1.42. The van der Waals surface area contributed by atoms with Gasteiger partial charge in [0, 0.05) is 31.2 Å². The number of fused-ring (bicyclic) bond motifs is 1. The van der Waals surface area contributed by atoms with E-state index in [0.29, 0.717) is 31.3 Å². The molecule has 7 rings (SSSR count). The lowest BCUT2D eigenvalue weighted by atomic mass is 9.55. The first kappa shape index (κ1) is 33.1. The molecule has 47 heavy (non-hydrogen) atoms. The highest BCUT2D eigenvalue weighted by atomic mass is 16.6. The largest absolute Gasteiger partial charge is 0.469 e. The SMILES string of the molecule is COC(=O)CCCCCCN(CCc1ccccc1)C(=O)C(C)(Cn1ccc2ccccc21)NC(=O)OC1C2CC3CC(C2)CC1C3. The minimum atomic E-state index is -1.23. The lowest BCUT2D eigenvalue weighted by Crippen LogP contribution is -2.61. The Morgan fingerprint density at radius 3 is 2.26 bits per heavy atom. The van der Waals surface area contributed by atoms with E-state index in [4.69, 9.17) is 9.47 Å². The van der Waals surface area contributed by atoms with Crippen LogP contribution in [-0.2, 0) is 32.0 Å². The number of amides is 2. The van der Waals surface area contributed by atoms with Crippen molar-refractivity contribution in [2.75, 3.05) is 20.2 Å². The van der Waals surface area contributed by atoms with E-state index in [0.717, 1.165) is 86.1 Å². The zero-order valence-corrected chi connectivity index (χ0v) is 28.1. The van der Waals surface area contributed by atoms with Crippen LogP contribution in [0.3, 0.4) is 0 Å². The van der Waals surface area contributed by atoms with Crippen molar-refractivity contribution < 1.29 is 23.9 Å². The minimum Gasteiger partial charge on any atom is -0.469 e. The molecule has 8 heteroatoms. The van der Waals surface area contributed by atoms with Gasteiger partial charge in [0.1, 0.15) is 11.6 Å². The lowest BCUT2D eigenvalue weighted by molar-refractivity contribution is -0.140. The fourth-order valence-corrected chi connectivity index (χ4v) is 8.83. The molecule has 1 unspecified atom stereocenters. The molecule has 1 atom stereocenters. The first-order valence-electron chi connectivity index (χ1n) is 17.7. The number of nitrogens with one attached hydrogen (secondary N) is 1. The monoisotopic (exact) mass is 641 g/mol. The summed E-state index contributed by atoms with van der Waals surface area (Å²) in [4.78, 5) is 42.0. The van der Waals surface area contributed by atoms with Gasteiger partial charge in [-0.3, -0.25) is 9.59 Å². The summed E-state index contributed by atoms with van der Waals surface area (Å²) < 4.78 is 13.1. The molecular weight excluding hydrogens is 590 g/mol. The number of benzene rings is 2. The second kappa shape index (κ2) is 15.0. The van der Waals surface area contributed by atoms with Crippen LogP contribution in [0.4, 0.5) is 4.79 Å². The Bertz CT molecular complexity index is 1490. The molecule has 0 spiro atoms. The van der Waals surface area contributed by atoms with Gasteiger partial charge in [-0.2, -0.15) is 0 Å². The molecule has 4 saturated carbocycles. The van der Waals surface area contributed by atoms with E-state index < -0.39 is 11.6 Å². The first-order valence-corrected chi connectivity index (χ1v) is 17.7. The van der Waals surface area contributed by atoms with Crippen molar-refractivity contribution in [3.05, 3.63) is 72.4 Å². The number of ether oxygens (including phenoxy) is 2. The Labute approximate surface area is 279 Å².